The van der Waals surface area contributed by atoms with Crippen LogP contribution in [0.5, 0.6) is 0 Å². The molecule has 32 heavy (non-hydrogen) atoms. The molecule has 14 nitrogen and oxygen atoms in total. The van der Waals surface area contributed by atoms with Crippen LogP contribution in [-0.2, 0) is 24.0 Å². The Morgan fingerprint density at radius 1 is 0.938 bits per heavy atom. The summed E-state index contributed by atoms with van der Waals surface area (Å²) in [5.41, 5.74) is 16.1. The molecule has 0 aromatic carbocycles. The second-order valence-electron chi connectivity index (χ2n) is 7.39. The van der Waals surface area contributed by atoms with E-state index in [1.54, 1.807) is 13.8 Å². The molecule has 0 rings (SSSR count). The van der Waals surface area contributed by atoms with Crippen molar-refractivity contribution in [1.82, 2.24) is 16.0 Å². The smallest absolute Gasteiger partial charge is 0.326 e. The minimum Gasteiger partial charge on any atom is -0.481 e. The Morgan fingerprint density at radius 2 is 1.56 bits per heavy atom. The zero-order chi connectivity index (χ0) is 24.8. The first-order chi connectivity index (χ1) is 14.8. The number of nitrogens with two attached hydrogens (primary N) is 3. The summed E-state index contributed by atoms with van der Waals surface area (Å²) in [6.45, 7) is 3.12. The van der Waals surface area contributed by atoms with Crippen LogP contribution in [0, 0.1) is 5.92 Å². The van der Waals surface area contributed by atoms with Gasteiger partial charge in [0.2, 0.25) is 17.7 Å². The summed E-state index contributed by atoms with van der Waals surface area (Å²) < 4.78 is 0. The number of nitrogens with one attached hydrogen (secondary N) is 3. The third-order valence-corrected chi connectivity index (χ3v) is 4.30. The number of carbonyl (C=O) groups is 5. The second-order valence-corrected chi connectivity index (χ2v) is 7.39. The molecule has 3 amide bonds. The lowest BCUT2D eigenvalue weighted by molar-refractivity contribution is -0.143. The highest BCUT2D eigenvalue weighted by atomic mass is 16.4. The fraction of sp³-hybridized carbons (Fsp3) is 0.667. The van der Waals surface area contributed by atoms with Gasteiger partial charge < -0.3 is 43.4 Å². The number of nitrogens with zero attached hydrogens (tertiary/aromatic N) is 1. The Kier molecular flexibility index (Phi) is 13.0. The summed E-state index contributed by atoms with van der Waals surface area (Å²) >= 11 is 0. The van der Waals surface area contributed by atoms with E-state index < -0.39 is 60.8 Å². The Hall–Kier alpha value is -3.42. The molecule has 0 bridgehead atoms. The van der Waals surface area contributed by atoms with E-state index in [1.165, 1.54) is 0 Å². The van der Waals surface area contributed by atoms with Crippen LogP contribution >= 0.6 is 0 Å². The predicted octanol–water partition coefficient (Wildman–Crippen LogP) is -2.94. The molecule has 0 aromatic heterocycles. The van der Waals surface area contributed by atoms with Gasteiger partial charge in [0, 0.05) is 13.0 Å². The molecule has 0 aromatic rings. The van der Waals surface area contributed by atoms with Gasteiger partial charge >= 0.3 is 11.9 Å². The van der Waals surface area contributed by atoms with Gasteiger partial charge in [-0.1, -0.05) is 13.8 Å². The minimum absolute atomic E-state index is 0.000594. The van der Waals surface area contributed by atoms with E-state index in [0.29, 0.717) is 0 Å². The highest BCUT2D eigenvalue weighted by Crippen LogP contribution is 2.03. The Morgan fingerprint density at radius 3 is 2.06 bits per heavy atom. The maximum Gasteiger partial charge on any atom is 0.326 e. The fourth-order valence-electron chi connectivity index (χ4n) is 2.40. The van der Waals surface area contributed by atoms with E-state index in [-0.39, 0.29) is 37.7 Å². The first kappa shape index (κ1) is 28.6. The van der Waals surface area contributed by atoms with Crippen molar-refractivity contribution in [3.63, 3.8) is 0 Å². The topological polar surface area (TPSA) is 252 Å². The van der Waals surface area contributed by atoms with Crippen molar-refractivity contribution < 1.29 is 34.2 Å². The number of aliphatic imine (C=N–C) groups is 1. The summed E-state index contributed by atoms with van der Waals surface area (Å²) in [7, 11) is 0. The number of rotatable bonds is 15. The molecule has 0 saturated heterocycles. The molecule has 0 saturated carbocycles. The molecule has 3 unspecified atom stereocenters. The summed E-state index contributed by atoms with van der Waals surface area (Å²) in [4.78, 5) is 62.5. The molecule has 11 N–H and O–H groups in total. The average Bonchev–Trinajstić information content (AvgIpc) is 2.69. The molecule has 0 spiro atoms. The van der Waals surface area contributed by atoms with Crippen LogP contribution in [-0.4, -0.2) is 77.0 Å². The molecule has 0 fully saturated rings. The zero-order valence-corrected chi connectivity index (χ0v) is 18.2. The minimum atomic E-state index is -1.33. The molecule has 0 aliphatic rings. The number of carboxylic acid groups (broad SMARTS) is 2. The Balaban J connectivity index is 5.01. The predicted molar refractivity (Wildman–Crippen MR) is 114 cm³/mol. The number of guanidine groups is 1. The van der Waals surface area contributed by atoms with Crippen molar-refractivity contribution in [3.05, 3.63) is 0 Å². The molecule has 0 radical (unpaired) electrons. The standard InChI is InChI=1S/C18H33N7O7/c1-9(2)14(19)16(30)23-8-12(26)24-10(5-6-13(27)28)15(29)25-11(17(31)32)4-3-7-22-18(20)21/h9-11,14H,3-8,19H2,1-2H3,(H,23,30)(H,24,26)(H,25,29)(H,27,28)(H,31,32)(H4,20,21,22). The van der Waals surface area contributed by atoms with Gasteiger partial charge in [-0.15, -0.1) is 0 Å². The molecule has 3 atom stereocenters. The third kappa shape index (κ3) is 12.3. The summed E-state index contributed by atoms with van der Waals surface area (Å²) in [5, 5.41) is 25.1. The first-order valence-corrected chi connectivity index (χ1v) is 9.98. The summed E-state index contributed by atoms with van der Waals surface area (Å²) in [6, 6.07) is -3.46. The molecule has 14 heteroatoms. The van der Waals surface area contributed by atoms with Crippen LogP contribution < -0.4 is 33.2 Å². The number of carbonyl (C=O) groups excluding carboxylic acids is 3. The van der Waals surface area contributed by atoms with Crippen molar-refractivity contribution in [2.24, 2.45) is 28.1 Å². The normalized spacial score (nSPS) is 13.4. The lowest BCUT2D eigenvalue weighted by Gasteiger charge is -2.21. The van der Waals surface area contributed by atoms with Gasteiger partial charge in [0.05, 0.1) is 12.6 Å². The van der Waals surface area contributed by atoms with Crippen LogP contribution in [0.25, 0.3) is 0 Å². The van der Waals surface area contributed by atoms with Gasteiger partial charge in [-0.05, 0) is 25.2 Å². The van der Waals surface area contributed by atoms with Gasteiger partial charge in [-0.25, -0.2) is 4.79 Å². The number of aliphatic carboxylic acids is 2. The van der Waals surface area contributed by atoms with Gasteiger partial charge in [-0.2, -0.15) is 0 Å². The van der Waals surface area contributed by atoms with Crippen LogP contribution in [0.1, 0.15) is 39.5 Å². The third-order valence-electron chi connectivity index (χ3n) is 4.30. The van der Waals surface area contributed by atoms with Crippen molar-refractivity contribution in [2.75, 3.05) is 13.1 Å². The monoisotopic (exact) mass is 459 g/mol. The van der Waals surface area contributed by atoms with Gasteiger partial charge in [0.25, 0.3) is 0 Å². The number of carboxylic acids is 2. The highest BCUT2D eigenvalue weighted by molar-refractivity contribution is 5.92. The van der Waals surface area contributed by atoms with Crippen molar-refractivity contribution in [2.45, 2.75) is 57.7 Å². The molecule has 0 heterocycles. The van der Waals surface area contributed by atoms with Crippen LogP contribution in [0.3, 0.4) is 0 Å². The average molecular weight is 460 g/mol. The van der Waals surface area contributed by atoms with E-state index in [2.05, 4.69) is 20.9 Å². The van der Waals surface area contributed by atoms with Crippen molar-refractivity contribution >= 4 is 35.6 Å². The lowest BCUT2D eigenvalue weighted by Crippen LogP contribution is -2.54. The van der Waals surface area contributed by atoms with E-state index in [0.717, 1.165) is 0 Å². The van der Waals surface area contributed by atoms with E-state index >= 15 is 0 Å². The van der Waals surface area contributed by atoms with Crippen molar-refractivity contribution in [3.8, 4) is 0 Å². The number of hydrogen-bond acceptors (Lipinski definition) is 7. The Labute approximate surface area is 185 Å². The quantitative estimate of drug-likeness (QED) is 0.0702. The maximum absolute atomic E-state index is 12.5. The number of amides is 3. The molecule has 182 valence electrons. The SMILES string of the molecule is CC(C)C(N)C(=O)NCC(=O)NC(CCC(=O)O)C(=O)NC(CCCN=C(N)N)C(=O)O. The van der Waals surface area contributed by atoms with E-state index in [4.69, 9.17) is 22.3 Å². The molecular weight excluding hydrogens is 426 g/mol. The largest absolute Gasteiger partial charge is 0.481 e. The molecule has 0 aliphatic heterocycles. The van der Waals surface area contributed by atoms with Gasteiger partial charge in [0.1, 0.15) is 12.1 Å². The van der Waals surface area contributed by atoms with E-state index in [1.807, 2.05) is 0 Å². The molecule has 0 aliphatic carbocycles. The highest BCUT2D eigenvalue weighted by Gasteiger charge is 2.27. The summed E-state index contributed by atoms with van der Waals surface area (Å²) in [6.07, 6.45) is -0.484. The van der Waals surface area contributed by atoms with Gasteiger partial charge in [-0.3, -0.25) is 24.2 Å². The zero-order valence-electron chi connectivity index (χ0n) is 18.2. The van der Waals surface area contributed by atoms with Crippen molar-refractivity contribution in [1.29, 1.82) is 0 Å². The second kappa shape index (κ2) is 14.6. The molecular formula is C18H33N7O7. The van der Waals surface area contributed by atoms with Crippen LogP contribution in [0.15, 0.2) is 4.99 Å². The van der Waals surface area contributed by atoms with Crippen LogP contribution in [0.4, 0.5) is 0 Å². The van der Waals surface area contributed by atoms with Crippen LogP contribution in [0.2, 0.25) is 0 Å². The maximum atomic E-state index is 12.5. The first-order valence-electron chi connectivity index (χ1n) is 9.98. The fourth-order valence-corrected chi connectivity index (χ4v) is 2.40. The van der Waals surface area contributed by atoms with Gasteiger partial charge in [0.15, 0.2) is 5.96 Å². The Bertz CT molecular complexity index is 708. The number of hydrogen-bond donors (Lipinski definition) is 8. The lowest BCUT2D eigenvalue weighted by atomic mass is 10.1. The van der Waals surface area contributed by atoms with E-state index in [9.17, 15) is 29.1 Å². The summed E-state index contributed by atoms with van der Waals surface area (Å²) in [5.74, 6) is -5.04.